The van der Waals surface area contributed by atoms with E-state index in [1.54, 1.807) is 6.92 Å². The van der Waals surface area contributed by atoms with Crippen molar-refractivity contribution in [3.8, 4) is 0 Å². The van der Waals surface area contributed by atoms with E-state index in [-0.39, 0.29) is 19.3 Å². The van der Waals surface area contributed by atoms with Crippen LogP contribution in [0.15, 0.2) is 15.8 Å². The molecule has 2 heterocycles. The highest BCUT2D eigenvalue weighted by Crippen LogP contribution is 2.38. The highest BCUT2D eigenvalue weighted by atomic mass is 32.5. The Labute approximate surface area is 137 Å². The average Bonchev–Trinajstić information content (AvgIpc) is 2.48. The van der Waals surface area contributed by atoms with Crippen LogP contribution in [-0.4, -0.2) is 44.8 Å². The van der Waals surface area contributed by atoms with Crippen LogP contribution in [0.1, 0.15) is 25.1 Å². The van der Waals surface area contributed by atoms with Gasteiger partial charge < -0.3 is 23.8 Å². The van der Waals surface area contributed by atoms with E-state index in [0.29, 0.717) is 12.0 Å². The predicted molar refractivity (Wildman–Crippen MR) is 84.7 cm³/mol. The van der Waals surface area contributed by atoms with Crippen molar-refractivity contribution < 1.29 is 23.8 Å². The molecule has 3 N–H and O–H groups in total. The molecular formula is C12H19N2O7PS. The SMILES string of the molecule is CCC1COC(COP(O)(O)=S)[C@H](n2cc(C)c(=O)[nH]c2=O)O1. The zero-order valence-corrected chi connectivity index (χ0v) is 14.4. The van der Waals surface area contributed by atoms with Crippen molar-refractivity contribution in [2.75, 3.05) is 13.2 Å². The summed E-state index contributed by atoms with van der Waals surface area (Å²) in [7, 11) is 0. The molecule has 3 atom stereocenters. The molecule has 1 saturated heterocycles. The molecule has 23 heavy (non-hydrogen) atoms. The summed E-state index contributed by atoms with van der Waals surface area (Å²) in [5, 5.41) is 0. The summed E-state index contributed by atoms with van der Waals surface area (Å²) in [5.74, 6) is 0. The standard InChI is InChI=1S/C12H19N2O7PS/c1-3-8-5-19-9(6-20-22(17,18)23)11(21-8)14-4-7(2)10(15)13-12(14)16/h4,8-9,11H,3,5-6H2,1-2H3,(H,13,15,16)(H2,17,18,23)/t8?,9?,11-/m1/s1. The number of rotatable bonds is 5. The zero-order chi connectivity index (χ0) is 17.2. The van der Waals surface area contributed by atoms with Crippen molar-refractivity contribution in [2.45, 2.75) is 38.7 Å². The predicted octanol–water partition coefficient (Wildman–Crippen LogP) is -0.237. The molecule has 0 radical (unpaired) electrons. The minimum absolute atomic E-state index is 0.235. The number of aryl methyl sites for hydroxylation is 1. The lowest BCUT2D eigenvalue weighted by Gasteiger charge is -2.37. The van der Waals surface area contributed by atoms with Crippen LogP contribution in [0, 0.1) is 6.92 Å². The van der Waals surface area contributed by atoms with Gasteiger partial charge >= 0.3 is 12.4 Å². The van der Waals surface area contributed by atoms with E-state index < -0.39 is 30.3 Å². The molecule has 9 nitrogen and oxygen atoms in total. The van der Waals surface area contributed by atoms with Crippen LogP contribution in [0.5, 0.6) is 0 Å². The number of aromatic nitrogens is 2. The lowest BCUT2D eigenvalue weighted by atomic mass is 10.2. The summed E-state index contributed by atoms with van der Waals surface area (Å²) < 4.78 is 17.5. The molecule has 1 aliphatic rings. The van der Waals surface area contributed by atoms with Gasteiger partial charge in [-0.1, -0.05) is 6.92 Å². The Morgan fingerprint density at radius 2 is 2.22 bits per heavy atom. The van der Waals surface area contributed by atoms with Crippen LogP contribution < -0.4 is 11.2 Å². The largest absolute Gasteiger partial charge is 0.368 e. The third-order valence-corrected chi connectivity index (χ3v) is 4.23. The highest BCUT2D eigenvalue weighted by molar-refractivity contribution is 8.06. The average molecular weight is 366 g/mol. The summed E-state index contributed by atoms with van der Waals surface area (Å²) in [6.07, 6.45) is 0.148. The molecule has 130 valence electrons. The molecule has 0 spiro atoms. The Hall–Kier alpha value is -0.870. The first-order valence-corrected chi connectivity index (χ1v) is 9.63. The molecule has 2 rings (SSSR count). The van der Waals surface area contributed by atoms with Gasteiger partial charge in [-0.3, -0.25) is 14.3 Å². The molecule has 11 heteroatoms. The smallest absolute Gasteiger partial charge is 0.330 e. The van der Waals surface area contributed by atoms with Crippen molar-refractivity contribution in [2.24, 2.45) is 0 Å². The van der Waals surface area contributed by atoms with Gasteiger partial charge in [0.05, 0.1) is 19.3 Å². The monoisotopic (exact) mass is 366 g/mol. The van der Waals surface area contributed by atoms with Crippen LogP contribution in [0.2, 0.25) is 0 Å². The fourth-order valence-electron chi connectivity index (χ4n) is 2.17. The number of nitrogens with zero attached hydrogens (tertiary/aromatic N) is 1. The Morgan fingerprint density at radius 3 is 2.83 bits per heavy atom. The first kappa shape index (κ1) is 18.5. The molecule has 2 unspecified atom stereocenters. The van der Waals surface area contributed by atoms with E-state index in [4.69, 9.17) is 14.0 Å². The van der Waals surface area contributed by atoms with Crippen molar-refractivity contribution in [3.05, 3.63) is 32.6 Å². The molecule has 0 bridgehead atoms. The van der Waals surface area contributed by atoms with Crippen LogP contribution in [0.25, 0.3) is 0 Å². The lowest BCUT2D eigenvalue weighted by molar-refractivity contribution is -0.218. The molecule has 0 aromatic carbocycles. The molecule has 0 aliphatic carbocycles. The second-order valence-electron chi connectivity index (χ2n) is 5.19. The zero-order valence-electron chi connectivity index (χ0n) is 12.7. The number of hydrogen-bond donors (Lipinski definition) is 3. The highest BCUT2D eigenvalue weighted by Gasteiger charge is 2.35. The maximum atomic E-state index is 12.1. The summed E-state index contributed by atoms with van der Waals surface area (Å²) in [4.78, 5) is 44.1. The Bertz CT molecular complexity index is 712. The van der Waals surface area contributed by atoms with Crippen LogP contribution in [0.3, 0.4) is 0 Å². The number of ether oxygens (including phenoxy) is 2. The maximum absolute atomic E-state index is 12.1. The summed E-state index contributed by atoms with van der Waals surface area (Å²) in [6, 6.07) is 0. The van der Waals surface area contributed by atoms with Gasteiger partial charge in [-0.25, -0.2) is 4.79 Å². The van der Waals surface area contributed by atoms with Gasteiger partial charge in [0.15, 0.2) is 6.23 Å². The van der Waals surface area contributed by atoms with Crippen molar-refractivity contribution in [3.63, 3.8) is 0 Å². The molecule has 1 aliphatic heterocycles. The van der Waals surface area contributed by atoms with E-state index in [1.807, 2.05) is 6.92 Å². The third kappa shape index (κ3) is 4.80. The van der Waals surface area contributed by atoms with Gasteiger partial charge in [-0.2, -0.15) is 0 Å². The van der Waals surface area contributed by atoms with Gasteiger partial charge in [0.1, 0.15) is 6.10 Å². The number of H-pyrrole nitrogens is 1. The Kier molecular flexibility index (Phi) is 5.90. The first-order valence-electron chi connectivity index (χ1n) is 7.00. The van der Waals surface area contributed by atoms with Crippen LogP contribution in [0.4, 0.5) is 0 Å². The number of hydrogen-bond acceptors (Lipinski definition) is 6. The molecule has 1 aromatic heterocycles. The third-order valence-electron chi connectivity index (χ3n) is 3.43. The van der Waals surface area contributed by atoms with E-state index in [0.717, 1.165) is 0 Å². The van der Waals surface area contributed by atoms with E-state index >= 15 is 0 Å². The summed E-state index contributed by atoms with van der Waals surface area (Å²) >= 11 is 4.41. The van der Waals surface area contributed by atoms with Crippen molar-refractivity contribution in [1.82, 2.24) is 9.55 Å². The second kappa shape index (κ2) is 7.35. The first-order chi connectivity index (χ1) is 10.7. The van der Waals surface area contributed by atoms with Gasteiger partial charge in [-0.15, -0.1) is 0 Å². The van der Waals surface area contributed by atoms with Crippen LogP contribution in [-0.2, 0) is 25.8 Å². The molecule has 1 aromatic rings. The minimum Gasteiger partial charge on any atom is -0.368 e. The fourth-order valence-corrected chi connectivity index (χ4v) is 2.70. The topological polar surface area (TPSA) is 123 Å². The second-order valence-corrected chi connectivity index (χ2v) is 7.86. The normalized spacial score (nSPS) is 25.5. The maximum Gasteiger partial charge on any atom is 0.330 e. The van der Waals surface area contributed by atoms with Crippen molar-refractivity contribution >= 4 is 18.5 Å². The van der Waals surface area contributed by atoms with Gasteiger partial charge in [0.2, 0.25) is 0 Å². The summed E-state index contributed by atoms with van der Waals surface area (Å²) in [5.41, 5.74) is -0.798. The van der Waals surface area contributed by atoms with E-state index in [2.05, 4.69) is 16.8 Å². The number of nitrogens with one attached hydrogen (secondary N) is 1. The van der Waals surface area contributed by atoms with Gasteiger partial charge in [0.25, 0.3) is 5.56 Å². The van der Waals surface area contributed by atoms with E-state index in [1.165, 1.54) is 10.8 Å². The Morgan fingerprint density at radius 1 is 1.52 bits per heavy atom. The Balaban J connectivity index is 2.32. The molecule has 0 amide bonds. The molecule has 0 saturated carbocycles. The quantitative estimate of drug-likeness (QED) is 0.611. The van der Waals surface area contributed by atoms with Crippen LogP contribution >= 0.6 is 6.72 Å². The fraction of sp³-hybridized carbons (Fsp3) is 0.667. The van der Waals surface area contributed by atoms with Gasteiger partial charge in [-0.05, 0) is 25.2 Å². The van der Waals surface area contributed by atoms with Crippen molar-refractivity contribution in [1.29, 1.82) is 0 Å². The molecule has 1 fully saturated rings. The van der Waals surface area contributed by atoms with Gasteiger partial charge in [0, 0.05) is 11.8 Å². The molecular weight excluding hydrogens is 347 g/mol. The lowest BCUT2D eigenvalue weighted by Crippen LogP contribution is -2.47. The minimum atomic E-state index is -3.85. The van der Waals surface area contributed by atoms with E-state index in [9.17, 15) is 19.4 Å². The number of aromatic amines is 1. The summed E-state index contributed by atoms with van der Waals surface area (Å²) in [6.45, 7) is -0.363.